The number of nitriles is 2. The van der Waals surface area contributed by atoms with Crippen LogP contribution in [0.25, 0.3) is 0 Å². The molecule has 29 heavy (non-hydrogen) atoms. The van der Waals surface area contributed by atoms with Crippen molar-refractivity contribution in [3.05, 3.63) is 95.8 Å². The Hall–Kier alpha value is -3.41. The van der Waals surface area contributed by atoms with Crippen LogP contribution in [0.2, 0.25) is 0 Å². The second-order valence-corrected chi connectivity index (χ2v) is 7.84. The van der Waals surface area contributed by atoms with Gasteiger partial charge in [0.1, 0.15) is 5.92 Å². The number of carbonyl (C=O) groups excluding carboxylic acids is 1. The van der Waals surface area contributed by atoms with E-state index in [9.17, 15) is 15.3 Å². The molecule has 142 valence electrons. The van der Waals surface area contributed by atoms with E-state index >= 15 is 0 Å². The molecule has 0 aliphatic carbocycles. The molecule has 0 spiro atoms. The lowest BCUT2D eigenvalue weighted by molar-refractivity contribution is 0.0978. The standard InChI is InChI=1S/C24H19N3OS/c1-17-9-11-21(12-10-17)29-24(23(28)18-6-3-2-4-7-18)22(20(14-25)15-26)19-8-5-13-27-16-19/h2-13,16,20,22,24H,1H3/t22-,24-/m0/s1. The number of hydrogen-bond donors (Lipinski definition) is 0. The van der Waals surface area contributed by atoms with E-state index in [1.165, 1.54) is 11.8 Å². The van der Waals surface area contributed by atoms with Crippen LogP contribution >= 0.6 is 11.8 Å². The van der Waals surface area contributed by atoms with Crippen LogP contribution in [0.1, 0.15) is 27.4 Å². The lowest BCUT2D eigenvalue weighted by atomic mass is 9.83. The summed E-state index contributed by atoms with van der Waals surface area (Å²) in [6, 6.07) is 24.6. The highest BCUT2D eigenvalue weighted by Crippen LogP contribution is 2.40. The zero-order valence-electron chi connectivity index (χ0n) is 15.9. The number of aryl methyl sites for hydroxylation is 1. The normalized spacial score (nSPS) is 12.6. The maximum absolute atomic E-state index is 13.5. The monoisotopic (exact) mass is 397 g/mol. The predicted molar refractivity (Wildman–Crippen MR) is 113 cm³/mol. The molecule has 0 aliphatic heterocycles. The summed E-state index contributed by atoms with van der Waals surface area (Å²) in [5, 5.41) is 18.7. The van der Waals surface area contributed by atoms with Crippen molar-refractivity contribution in [1.29, 1.82) is 10.5 Å². The molecule has 1 aromatic heterocycles. The molecule has 0 radical (unpaired) electrons. The maximum atomic E-state index is 13.5. The summed E-state index contributed by atoms with van der Waals surface area (Å²) in [5.74, 6) is -1.70. The van der Waals surface area contributed by atoms with Gasteiger partial charge in [-0.3, -0.25) is 9.78 Å². The number of ketones is 1. The van der Waals surface area contributed by atoms with E-state index in [1.54, 1.807) is 30.6 Å². The van der Waals surface area contributed by atoms with Crippen LogP contribution in [0.3, 0.4) is 0 Å². The second-order valence-electron chi connectivity index (χ2n) is 6.63. The maximum Gasteiger partial charge on any atom is 0.176 e. The Bertz CT molecular complexity index is 1020. The van der Waals surface area contributed by atoms with Crippen LogP contribution in [-0.4, -0.2) is 16.0 Å². The smallest absolute Gasteiger partial charge is 0.176 e. The summed E-state index contributed by atoms with van der Waals surface area (Å²) in [7, 11) is 0. The largest absolute Gasteiger partial charge is 0.293 e. The molecule has 5 heteroatoms. The molecule has 4 nitrogen and oxygen atoms in total. The summed E-state index contributed by atoms with van der Waals surface area (Å²) < 4.78 is 0. The van der Waals surface area contributed by atoms with Crippen LogP contribution in [-0.2, 0) is 0 Å². The van der Waals surface area contributed by atoms with Gasteiger partial charge in [0.15, 0.2) is 5.78 Å². The van der Waals surface area contributed by atoms with Gasteiger partial charge in [0.05, 0.1) is 17.4 Å². The van der Waals surface area contributed by atoms with E-state index in [4.69, 9.17) is 0 Å². The van der Waals surface area contributed by atoms with Crippen LogP contribution in [0.5, 0.6) is 0 Å². The molecule has 2 atom stereocenters. The number of aromatic nitrogens is 1. The molecule has 0 saturated heterocycles. The second kappa shape index (κ2) is 9.68. The number of thioether (sulfide) groups is 1. The SMILES string of the molecule is Cc1ccc(S[C@H](C(=O)c2ccccc2)[C@@H](c2cccnc2)C(C#N)C#N)cc1. The third-order valence-electron chi connectivity index (χ3n) is 4.63. The van der Waals surface area contributed by atoms with Crippen molar-refractivity contribution in [2.24, 2.45) is 5.92 Å². The zero-order valence-corrected chi connectivity index (χ0v) is 16.7. The van der Waals surface area contributed by atoms with Crippen molar-refractivity contribution < 1.29 is 4.79 Å². The van der Waals surface area contributed by atoms with E-state index < -0.39 is 17.1 Å². The molecule has 1 heterocycles. The van der Waals surface area contributed by atoms with E-state index in [2.05, 4.69) is 17.1 Å². The van der Waals surface area contributed by atoms with Gasteiger partial charge in [-0.25, -0.2) is 0 Å². The van der Waals surface area contributed by atoms with Gasteiger partial charge in [-0.15, -0.1) is 11.8 Å². The lowest BCUT2D eigenvalue weighted by Crippen LogP contribution is -2.30. The molecule has 0 fully saturated rings. The first kappa shape index (κ1) is 20.3. The zero-order chi connectivity index (χ0) is 20.6. The Morgan fingerprint density at radius 1 is 0.966 bits per heavy atom. The van der Waals surface area contributed by atoms with Gasteiger partial charge in [-0.1, -0.05) is 54.1 Å². The lowest BCUT2D eigenvalue weighted by Gasteiger charge is -2.27. The predicted octanol–water partition coefficient (Wildman–Crippen LogP) is 5.18. The number of carbonyl (C=O) groups is 1. The number of rotatable bonds is 7. The fourth-order valence-electron chi connectivity index (χ4n) is 3.12. The molecule has 3 rings (SSSR count). The Balaban J connectivity index is 2.10. The van der Waals surface area contributed by atoms with Crippen molar-refractivity contribution in [3.8, 4) is 12.1 Å². The number of pyridine rings is 1. The van der Waals surface area contributed by atoms with E-state index in [0.717, 1.165) is 10.5 Å². The Labute approximate surface area is 174 Å². The van der Waals surface area contributed by atoms with Gasteiger partial charge >= 0.3 is 0 Å². The third-order valence-corrected chi connectivity index (χ3v) is 5.94. The minimum Gasteiger partial charge on any atom is -0.293 e. The van der Waals surface area contributed by atoms with Crippen molar-refractivity contribution >= 4 is 17.5 Å². The van der Waals surface area contributed by atoms with Crippen molar-refractivity contribution in [3.63, 3.8) is 0 Å². The quantitative estimate of drug-likeness (QED) is 0.405. The average molecular weight is 398 g/mol. The van der Waals surface area contributed by atoms with Crippen molar-refractivity contribution in [2.75, 3.05) is 0 Å². The van der Waals surface area contributed by atoms with Gasteiger partial charge in [0, 0.05) is 28.8 Å². The van der Waals surface area contributed by atoms with Gasteiger partial charge < -0.3 is 0 Å². The van der Waals surface area contributed by atoms with Gasteiger partial charge in [-0.2, -0.15) is 10.5 Å². The minimum absolute atomic E-state index is 0.111. The Kier molecular flexibility index (Phi) is 6.79. The number of Topliss-reactive ketones (excluding diaryl/α,β-unsaturated/α-hetero) is 1. The summed E-state index contributed by atoms with van der Waals surface area (Å²) in [6.07, 6.45) is 3.27. The minimum atomic E-state index is -0.977. The topological polar surface area (TPSA) is 77.5 Å². The molecule has 0 aliphatic rings. The van der Waals surface area contributed by atoms with Crippen LogP contribution < -0.4 is 0 Å². The Morgan fingerprint density at radius 3 is 2.24 bits per heavy atom. The summed E-state index contributed by atoms with van der Waals surface area (Å²) in [4.78, 5) is 18.6. The van der Waals surface area contributed by atoms with E-state index in [0.29, 0.717) is 11.1 Å². The number of nitrogens with zero attached hydrogens (tertiary/aromatic N) is 3. The molecule has 0 amide bonds. The first-order chi connectivity index (χ1) is 14.1. The summed E-state index contributed by atoms with van der Waals surface area (Å²) in [5.41, 5.74) is 2.38. The van der Waals surface area contributed by atoms with Crippen LogP contribution in [0.4, 0.5) is 0 Å². The molecule has 2 aromatic carbocycles. The highest BCUT2D eigenvalue weighted by atomic mass is 32.2. The van der Waals surface area contributed by atoms with Gasteiger partial charge in [0.25, 0.3) is 0 Å². The molecule has 3 aromatic rings. The first-order valence-corrected chi connectivity index (χ1v) is 10.0. The van der Waals surface area contributed by atoms with Gasteiger partial charge in [-0.05, 0) is 30.7 Å². The summed E-state index contributed by atoms with van der Waals surface area (Å²) >= 11 is 1.38. The molecule has 0 unspecified atom stereocenters. The fourth-order valence-corrected chi connectivity index (χ4v) is 4.42. The van der Waals surface area contributed by atoms with Crippen molar-refractivity contribution in [2.45, 2.75) is 23.0 Å². The van der Waals surface area contributed by atoms with Crippen molar-refractivity contribution in [1.82, 2.24) is 4.98 Å². The fraction of sp³-hybridized carbons (Fsp3) is 0.167. The summed E-state index contributed by atoms with van der Waals surface area (Å²) in [6.45, 7) is 2.00. The highest BCUT2D eigenvalue weighted by Gasteiger charge is 2.37. The van der Waals surface area contributed by atoms with Gasteiger partial charge in [0.2, 0.25) is 0 Å². The van der Waals surface area contributed by atoms with Crippen LogP contribution in [0.15, 0.2) is 84.0 Å². The molecular weight excluding hydrogens is 378 g/mol. The molecule has 0 saturated carbocycles. The first-order valence-electron chi connectivity index (χ1n) is 9.15. The van der Waals surface area contributed by atoms with Crippen LogP contribution in [0, 0.1) is 35.5 Å². The highest BCUT2D eigenvalue weighted by molar-refractivity contribution is 8.00. The third kappa shape index (κ3) is 4.90. The molecule has 0 N–H and O–H groups in total. The molecule has 0 bridgehead atoms. The van der Waals surface area contributed by atoms with E-state index in [1.807, 2.05) is 55.5 Å². The van der Waals surface area contributed by atoms with E-state index in [-0.39, 0.29) is 5.78 Å². The number of hydrogen-bond acceptors (Lipinski definition) is 5. The molecular formula is C24H19N3OS. The number of benzene rings is 2. The average Bonchev–Trinajstić information content (AvgIpc) is 2.78. The Morgan fingerprint density at radius 2 is 1.66 bits per heavy atom.